The van der Waals surface area contributed by atoms with Crippen LogP contribution in [0.2, 0.25) is 0 Å². The third-order valence-corrected chi connectivity index (χ3v) is 16.3. The van der Waals surface area contributed by atoms with Crippen molar-refractivity contribution in [1.29, 1.82) is 0 Å². The number of alkyl carbamates (subject to hydrolysis) is 1. The number of hydrogen-bond acceptors (Lipinski definition) is 17. The first kappa shape index (κ1) is 80.5. The van der Waals surface area contributed by atoms with Gasteiger partial charge in [-0.3, -0.25) is 38.6 Å². The molecule has 3 aromatic carbocycles. The summed E-state index contributed by atoms with van der Waals surface area (Å²) in [6.45, 7) is 20.6. The number of benzene rings is 3. The van der Waals surface area contributed by atoms with Gasteiger partial charge in [-0.1, -0.05) is 85.2 Å². The summed E-state index contributed by atoms with van der Waals surface area (Å²) < 4.78 is 44.4. The molecule has 12 aliphatic heterocycles. The third-order valence-electron chi connectivity index (χ3n) is 16.3. The van der Waals surface area contributed by atoms with Gasteiger partial charge in [0.15, 0.2) is 34.5 Å². The minimum atomic E-state index is -0.720. The smallest absolute Gasteiger partial charge is 0.407 e. The van der Waals surface area contributed by atoms with Crippen molar-refractivity contribution in [3.8, 4) is 34.5 Å². The van der Waals surface area contributed by atoms with Crippen LogP contribution in [0.25, 0.3) is 10.4 Å². The number of hydrogen-bond donors (Lipinski definition) is 7. The first-order valence-corrected chi connectivity index (χ1v) is 35.9. The Morgan fingerprint density at radius 3 is 1.05 bits per heavy atom. The molecule has 7 N–H and O–H groups in total. The normalized spacial score (nSPS) is 17.7. The number of ether oxygens (including phenoxy) is 7. The van der Waals surface area contributed by atoms with Crippen LogP contribution in [-0.2, 0) is 4.74 Å². The average Bonchev–Trinajstić information content (AvgIpc) is 0.812. The van der Waals surface area contributed by atoms with E-state index in [0.29, 0.717) is 70.6 Å². The summed E-state index contributed by atoms with van der Waals surface area (Å²) in [7, 11) is 0. The van der Waals surface area contributed by atoms with Gasteiger partial charge in [0.25, 0.3) is 35.4 Å². The summed E-state index contributed by atoms with van der Waals surface area (Å²) in [4.78, 5) is 109. The van der Waals surface area contributed by atoms with E-state index < -0.39 is 59.2 Å². The molecular weight excluding hydrogens is 1260 g/mol. The number of carbonyl (C=O) groups is 7. The van der Waals surface area contributed by atoms with Gasteiger partial charge in [0.05, 0.1) is 73.0 Å². The second-order valence-corrected chi connectivity index (χ2v) is 25.7. The summed E-state index contributed by atoms with van der Waals surface area (Å²) in [5.74, 6) is -2.33. The van der Waals surface area contributed by atoms with Crippen LogP contribution in [0, 0.1) is 0 Å². The second kappa shape index (κ2) is 44.6. The summed E-state index contributed by atoms with van der Waals surface area (Å²) in [6.07, 6.45) is 9.94. The molecule has 3 aromatic rings. The molecule has 8 bridgehead atoms. The molecule has 0 radical (unpaired) electrons. The number of nitrogens with one attached hydrogen (secondary N) is 7. The van der Waals surface area contributed by atoms with Crippen LogP contribution < -0.4 is 65.6 Å². The molecule has 12 aliphatic rings. The van der Waals surface area contributed by atoms with E-state index in [2.05, 4.69) is 47.2 Å². The molecule has 7 amide bonds. The van der Waals surface area contributed by atoms with Gasteiger partial charge in [0.2, 0.25) is 0 Å². The number of azide groups is 1. The Balaban J connectivity index is 1.81. The van der Waals surface area contributed by atoms with Gasteiger partial charge < -0.3 is 70.4 Å². The highest BCUT2D eigenvalue weighted by molar-refractivity contribution is 6.05. The minimum absolute atomic E-state index is 0.0205. The van der Waals surface area contributed by atoms with Crippen LogP contribution >= 0.6 is 0 Å². The zero-order valence-electron chi connectivity index (χ0n) is 59.8. The standard InChI is InChI=1S/C72H112N12O14/c1-10-16-43-92-59-53-27-28-54(60(59)93-44-17-11-2)68(88)77-38-42-84-49-51(25-22-23-33-78-71(91)98-72(7,8)9)80-69(89)57-31-29-55(61(94-45-18-12-3)63(57)96-47-20-14-5)66(86)75-36-40-83(39-35-74-65(53)85)41-37-76-67(87)56-30-32-58(70(90)81-52(50-84)26-24-34-79-82-73)64(97-48-21-15-6)62(56)95-46-19-13-4/h27-32,51-52H,10-26,33-50H2,1-9H3,(H,74,85)(H,75,86)(H,76,87)(H,77,88)(H,78,91)(H,80,89)(H,81,90)/t51-,52-/m0/s1. The molecule has 0 aromatic heterocycles. The molecule has 4 atom stereocenters. The number of amides is 7. The maximum absolute atomic E-state index is 15.4. The Labute approximate surface area is 580 Å². The van der Waals surface area contributed by atoms with Gasteiger partial charge in [0, 0.05) is 95.5 Å². The Bertz CT molecular complexity index is 3060. The molecule has 0 saturated heterocycles. The molecule has 98 heavy (non-hydrogen) atoms. The van der Waals surface area contributed by atoms with Crippen molar-refractivity contribution in [2.45, 2.75) is 189 Å². The second-order valence-electron chi connectivity index (χ2n) is 25.7. The van der Waals surface area contributed by atoms with E-state index in [1.807, 2.05) is 51.3 Å². The Hall–Kier alpha value is -8.22. The fourth-order valence-electron chi connectivity index (χ4n) is 10.9. The van der Waals surface area contributed by atoms with Crippen LogP contribution in [0.15, 0.2) is 41.5 Å². The van der Waals surface area contributed by atoms with E-state index in [-0.39, 0.29) is 186 Å². The van der Waals surface area contributed by atoms with Gasteiger partial charge in [-0.25, -0.2) is 4.79 Å². The highest BCUT2D eigenvalue weighted by Crippen LogP contribution is 2.39. The SMILES string of the molecule is CCCCOc1c2ccc(c1OCCCC)C(=O)NCCN1C[C@H](CCCCNC(=O)OC(C)(C)C)NC(=O)c3ccc(c(OCCCC)c3OCCCC)C(=O)NCCN(CCNC2=O)CCNC(=O)c2ccc(c(OCCCC)c2OCCCC)C(=O)N[C@@H](CCCN=[N+]=[N-])C1. The van der Waals surface area contributed by atoms with E-state index in [4.69, 9.17) is 33.2 Å². The van der Waals surface area contributed by atoms with Crippen LogP contribution in [0.4, 0.5) is 4.79 Å². The molecule has 0 saturated carbocycles. The number of carbonyl (C=O) groups excluding carboxylic acids is 7. The first-order valence-electron chi connectivity index (χ1n) is 35.9. The van der Waals surface area contributed by atoms with Crippen LogP contribution in [-0.4, -0.2) is 187 Å². The molecule has 26 nitrogen and oxygen atoms in total. The molecule has 544 valence electrons. The maximum Gasteiger partial charge on any atom is 0.407 e. The predicted molar refractivity (Wildman–Crippen MR) is 378 cm³/mol. The fraction of sp³-hybridized carbons (Fsp3) is 0.653. The molecule has 15 rings (SSSR count). The third kappa shape index (κ3) is 27.2. The molecule has 0 fully saturated rings. The topological polar surface area (TPSA) is 324 Å². The zero-order chi connectivity index (χ0) is 71.1. The van der Waals surface area contributed by atoms with Crippen LogP contribution in [0.3, 0.4) is 0 Å². The van der Waals surface area contributed by atoms with Crippen LogP contribution in [0.1, 0.15) is 234 Å². The van der Waals surface area contributed by atoms with Crippen molar-refractivity contribution in [3.63, 3.8) is 0 Å². The number of unbranched alkanes of at least 4 members (excludes halogenated alkanes) is 7. The average molecular weight is 1370 g/mol. The van der Waals surface area contributed by atoms with Crippen molar-refractivity contribution >= 4 is 41.5 Å². The molecule has 0 aliphatic carbocycles. The van der Waals surface area contributed by atoms with Crippen LogP contribution in [0.5, 0.6) is 34.5 Å². The maximum atomic E-state index is 15.4. The fourth-order valence-corrected chi connectivity index (χ4v) is 10.9. The molecule has 0 spiro atoms. The highest BCUT2D eigenvalue weighted by atomic mass is 16.6. The number of nitrogens with zero attached hydrogens (tertiary/aromatic N) is 5. The van der Waals surface area contributed by atoms with Gasteiger partial charge in [-0.2, -0.15) is 0 Å². The summed E-state index contributed by atoms with van der Waals surface area (Å²) in [5, 5.41) is 25.6. The van der Waals surface area contributed by atoms with E-state index in [1.54, 1.807) is 57.2 Å². The van der Waals surface area contributed by atoms with Gasteiger partial charge in [-0.05, 0) is 133 Å². The Morgan fingerprint density at radius 1 is 0.459 bits per heavy atom. The Kier molecular flexibility index (Phi) is 36.7. The lowest BCUT2D eigenvalue weighted by molar-refractivity contribution is 0.0525. The summed E-state index contributed by atoms with van der Waals surface area (Å²) >= 11 is 0. The lowest BCUT2D eigenvalue weighted by Gasteiger charge is -2.32. The van der Waals surface area contributed by atoms with E-state index in [1.165, 1.54) is 0 Å². The quantitative estimate of drug-likeness (QED) is 0.0129. The zero-order valence-corrected chi connectivity index (χ0v) is 59.8. The van der Waals surface area contributed by atoms with Crippen molar-refractivity contribution in [1.82, 2.24) is 47.0 Å². The van der Waals surface area contributed by atoms with E-state index >= 15 is 9.59 Å². The molecule has 2 unspecified atom stereocenters. The van der Waals surface area contributed by atoms with Gasteiger partial charge >= 0.3 is 6.09 Å². The summed E-state index contributed by atoms with van der Waals surface area (Å²) in [6, 6.07) is 7.97. The molecule has 12 heterocycles. The summed E-state index contributed by atoms with van der Waals surface area (Å²) in [5.41, 5.74) is 9.54. The minimum Gasteiger partial charge on any atom is -0.489 e. The van der Waals surface area contributed by atoms with Crippen molar-refractivity contribution in [2.24, 2.45) is 5.11 Å². The lowest BCUT2D eigenvalue weighted by Crippen LogP contribution is -2.51. The predicted octanol–water partition coefficient (Wildman–Crippen LogP) is 10.7. The largest absolute Gasteiger partial charge is 0.489 e. The Morgan fingerprint density at radius 2 is 0.755 bits per heavy atom. The molecular formula is C72H112N12O14. The van der Waals surface area contributed by atoms with Crippen molar-refractivity contribution in [2.75, 3.05) is 118 Å². The first-order chi connectivity index (χ1) is 47.4. The van der Waals surface area contributed by atoms with Crippen molar-refractivity contribution in [3.05, 3.63) is 80.2 Å². The van der Waals surface area contributed by atoms with E-state index in [9.17, 15) is 29.5 Å². The monoisotopic (exact) mass is 1370 g/mol. The lowest BCUT2D eigenvalue weighted by atomic mass is 10.0. The van der Waals surface area contributed by atoms with Gasteiger partial charge in [-0.15, -0.1) is 0 Å². The number of rotatable bonds is 33. The molecule has 26 heteroatoms. The van der Waals surface area contributed by atoms with E-state index in [0.717, 1.165) is 38.5 Å². The highest BCUT2D eigenvalue weighted by Gasteiger charge is 2.32. The van der Waals surface area contributed by atoms with Crippen molar-refractivity contribution < 1.29 is 66.7 Å². The van der Waals surface area contributed by atoms with Gasteiger partial charge in [0.1, 0.15) is 5.60 Å².